The lowest BCUT2D eigenvalue weighted by Crippen LogP contribution is -2.35. The molecule has 0 aromatic carbocycles. The lowest BCUT2D eigenvalue weighted by molar-refractivity contribution is 0.155. The van der Waals surface area contributed by atoms with Crippen LogP contribution in [-0.4, -0.2) is 26.8 Å². The van der Waals surface area contributed by atoms with Crippen LogP contribution in [0.2, 0.25) is 0 Å². The molecule has 0 aromatic rings. The van der Waals surface area contributed by atoms with Crippen LogP contribution in [0.1, 0.15) is 25.7 Å². The lowest BCUT2D eigenvalue weighted by atomic mass is 9.72. The van der Waals surface area contributed by atoms with E-state index in [1.165, 1.54) is 32.2 Å². The number of ether oxygens (including phenoxy) is 1. The molecule has 2 heteroatoms. The molecule has 2 nitrogen and oxygen atoms in total. The van der Waals surface area contributed by atoms with Crippen LogP contribution >= 0.6 is 0 Å². The van der Waals surface area contributed by atoms with Crippen LogP contribution in [0.15, 0.2) is 0 Å². The van der Waals surface area contributed by atoms with Gasteiger partial charge in [0, 0.05) is 13.7 Å². The average Bonchev–Trinajstić information content (AvgIpc) is 2.76. The normalized spacial score (nSPS) is 25.8. The largest absolute Gasteiger partial charge is 0.383 e. The lowest BCUT2D eigenvalue weighted by Gasteiger charge is -2.36. The molecule has 70 valence electrons. The van der Waals surface area contributed by atoms with Crippen molar-refractivity contribution in [3.63, 3.8) is 0 Å². The van der Waals surface area contributed by atoms with Crippen LogP contribution in [0.5, 0.6) is 0 Å². The Bertz CT molecular complexity index is 146. The van der Waals surface area contributed by atoms with Crippen molar-refractivity contribution in [1.29, 1.82) is 0 Å². The van der Waals surface area contributed by atoms with E-state index in [0.717, 1.165) is 24.5 Å². The fourth-order valence-electron chi connectivity index (χ4n) is 2.37. The summed E-state index contributed by atoms with van der Waals surface area (Å²) in [6, 6.07) is 0. The summed E-state index contributed by atoms with van der Waals surface area (Å²) in [6.07, 6.45) is 6.02. The van der Waals surface area contributed by atoms with Crippen LogP contribution in [-0.2, 0) is 4.74 Å². The van der Waals surface area contributed by atoms with Gasteiger partial charge in [0.05, 0.1) is 6.61 Å². The van der Waals surface area contributed by atoms with Crippen molar-refractivity contribution < 1.29 is 4.74 Å². The topological polar surface area (TPSA) is 21.3 Å². The molecular formula is C10H19NO. The van der Waals surface area contributed by atoms with E-state index >= 15 is 0 Å². The first-order chi connectivity index (χ1) is 5.85. The van der Waals surface area contributed by atoms with Crippen molar-refractivity contribution in [1.82, 2.24) is 5.32 Å². The van der Waals surface area contributed by atoms with Gasteiger partial charge < -0.3 is 10.1 Å². The van der Waals surface area contributed by atoms with E-state index in [4.69, 9.17) is 4.74 Å². The summed E-state index contributed by atoms with van der Waals surface area (Å²) in [4.78, 5) is 0. The minimum Gasteiger partial charge on any atom is -0.383 e. The molecule has 2 fully saturated rings. The number of rotatable bonds is 5. The Kier molecular flexibility index (Phi) is 2.37. The summed E-state index contributed by atoms with van der Waals surface area (Å²) in [7, 11) is 1.75. The Morgan fingerprint density at radius 1 is 1.42 bits per heavy atom. The second-order valence-electron chi connectivity index (χ2n) is 4.47. The second-order valence-corrected chi connectivity index (χ2v) is 4.47. The van der Waals surface area contributed by atoms with E-state index in [9.17, 15) is 0 Å². The molecular weight excluding hydrogens is 150 g/mol. The van der Waals surface area contributed by atoms with Crippen molar-refractivity contribution in [2.24, 2.45) is 11.3 Å². The van der Waals surface area contributed by atoms with E-state index < -0.39 is 0 Å². The van der Waals surface area contributed by atoms with Crippen LogP contribution in [0.4, 0.5) is 0 Å². The third-order valence-electron chi connectivity index (χ3n) is 3.32. The minimum atomic E-state index is 0.845. The molecule has 2 rings (SSSR count). The molecule has 2 saturated carbocycles. The fraction of sp³-hybridized carbons (Fsp3) is 1.00. The monoisotopic (exact) mass is 169 g/mol. The fourth-order valence-corrected chi connectivity index (χ4v) is 2.37. The highest BCUT2D eigenvalue weighted by Crippen LogP contribution is 2.63. The maximum atomic E-state index is 4.97. The van der Waals surface area contributed by atoms with Gasteiger partial charge in [-0.05, 0) is 43.6 Å². The summed E-state index contributed by atoms with van der Waals surface area (Å²) in [5.74, 6) is 0.976. The highest BCUT2D eigenvalue weighted by molar-refractivity contribution is 5.03. The molecule has 0 amide bonds. The zero-order valence-corrected chi connectivity index (χ0v) is 7.94. The molecule has 0 aromatic heterocycles. The Morgan fingerprint density at radius 3 is 2.75 bits per heavy atom. The van der Waals surface area contributed by atoms with Crippen molar-refractivity contribution in [2.45, 2.75) is 25.7 Å². The quantitative estimate of drug-likeness (QED) is 0.628. The van der Waals surface area contributed by atoms with Crippen LogP contribution in [0.25, 0.3) is 0 Å². The third kappa shape index (κ3) is 1.80. The van der Waals surface area contributed by atoms with Gasteiger partial charge in [0.2, 0.25) is 0 Å². The zero-order valence-electron chi connectivity index (χ0n) is 7.94. The molecule has 2 aliphatic carbocycles. The summed E-state index contributed by atoms with van der Waals surface area (Å²) >= 11 is 0. The van der Waals surface area contributed by atoms with Gasteiger partial charge >= 0.3 is 0 Å². The SMILES string of the molecule is COCCNCC1CC2(CC2)C1. The van der Waals surface area contributed by atoms with Gasteiger partial charge in [-0.3, -0.25) is 0 Å². The molecule has 0 unspecified atom stereocenters. The first-order valence-corrected chi connectivity index (χ1v) is 5.04. The maximum absolute atomic E-state index is 4.97. The molecule has 0 atom stereocenters. The summed E-state index contributed by atoms with van der Waals surface area (Å²) in [6.45, 7) is 3.07. The van der Waals surface area contributed by atoms with Gasteiger partial charge in [-0.25, -0.2) is 0 Å². The van der Waals surface area contributed by atoms with E-state index in [1.807, 2.05) is 0 Å². The van der Waals surface area contributed by atoms with Crippen LogP contribution in [0.3, 0.4) is 0 Å². The van der Waals surface area contributed by atoms with Crippen LogP contribution < -0.4 is 5.32 Å². The van der Waals surface area contributed by atoms with Gasteiger partial charge in [0.25, 0.3) is 0 Å². The van der Waals surface area contributed by atoms with Crippen molar-refractivity contribution in [3.05, 3.63) is 0 Å². The number of methoxy groups -OCH3 is 1. The molecule has 12 heavy (non-hydrogen) atoms. The van der Waals surface area contributed by atoms with Gasteiger partial charge in [-0.15, -0.1) is 0 Å². The smallest absolute Gasteiger partial charge is 0.0587 e. The first-order valence-electron chi connectivity index (χ1n) is 5.04. The van der Waals surface area contributed by atoms with Gasteiger partial charge in [-0.1, -0.05) is 0 Å². The van der Waals surface area contributed by atoms with Crippen molar-refractivity contribution >= 4 is 0 Å². The highest BCUT2D eigenvalue weighted by Gasteiger charge is 2.52. The summed E-state index contributed by atoms with van der Waals surface area (Å²) in [5, 5.41) is 3.43. The zero-order chi connectivity index (χ0) is 8.44. The summed E-state index contributed by atoms with van der Waals surface area (Å²) < 4.78 is 4.97. The maximum Gasteiger partial charge on any atom is 0.0587 e. The van der Waals surface area contributed by atoms with E-state index in [-0.39, 0.29) is 0 Å². The Balaban J connectivity index is 1.47. The first kappa shape index (κ1) is 8.52. The minimum absolute atomic E-state index is 0.845. The molecule has 2 aliphatic rings. The van der Waals surface area contributed by atoms with Crippen molar-refractivity contribution in [3.8, 4) is 0 Å². The van der Waals surface area contributed by atoms with E-state index in [2.05, 4.69) is 5.32 Å². The standard InChI is InChI=1S/C10H19NO/c1-12-5-4-11-8-9-6-10(7-9)2-3-10/h9,11H,2-8H2,1H3. The Labute approximate surface area is 74.7 Å². The summed E-state index contributed by atoms with van der Waals surface area (Å²) in [5.41, 5.74) is 0.869. The third-order valence-corrected chi connectivity index (χ3v) is 3.32. The molecule has 0 saturated heterocycles. The molecule has 1 spiro atoms. The predicted molar refractivity (Wildman–Crippen MR) is 49.1 cm³/mol. The second kappa shape index (κ2) is 3.35. The number of nitrogens with one attached hydrogen (secondary N) is 1. The number of hydrogen-bond acceptors (Lipinski definition) is 2. The van der Waals surface area contributed by atoms with Gasteiger partial charge in [0.1, 0.15) is 0 Å². The Morgan fingerprint density at radius 2 is 2.17 bits per heavy atom. The van der Waals surface area contributed by atoms with E-state index in [0.29, 0.717) is 0 Å². The van der Waals surface area contributed by atoms with Gasteiger partial charge in [0.15, 0.2) is 0 Å². The van der Waals surface area contributed by atoms with Crippen molar-refractivity contribution in [2.75, 3.05) is 26.8 Å². The number of hydrogen-bond donors (Lipinski definition) is 1. The molecule has 0 bridgehead atoms. The van der Waals surface area contributed by atoms with Gasteiger partial charge in [-0.2, -0.15) is 0 Å². The highest BCUT2D eigenvalue weighted by atomic mass is 16.5. The predicted octanol–water partition coefficient (Wildman–Crippen LogP) is 1.41. The molecule has 1 N–H and O–H groups in total. The Hall–Kier alpha value is -0.0800. The van der Waals surface area contributed by atoms with E-state index in [1.54, 1.807) is 7.11 Å². The molecule has 0 radical (unpaired) electrons. The molecule has 0 heterocycles. The molecule has 0 aliphatic heterocycles. The average molecular weight is 169 g/mol. The van der Waals surface area contributed by atoms with Crippen LogP contribution in [0, 0.1) is 11.3 Å².